The first-order chi connectivity index (χ1) is 13.7. The zero-order valence-corrected chi connectivity index (χ0v) is 20.6. The number of hydrogen-bond donors (Lipinski definition) is 3. The number of halogens is 4. The standard InChI is InChI=1S/C20H10Br4O5/c21-11-5-9-13(7-3-1-2-4-8(7)20(27)28)10-6-12(22)17(26)15(24)19(10)29-18(9)14(23)16(11)25/h1-6,18,25-26H,(H,27,28)/t18-/m0/s1. The van der Waals surface area contributed by atoms with E-state index in [0.29, 0.717) is 45.9 Å². The highest BCUT2D eigenvalue weighted by molar-refractivity contribution is 9.12. The van der Waals surface area contributed by atoms with Crippen molar-refractivity contribution in [2.75, 3.05) is 0 Å². The minimum absolute atomic E-state index is 0.0227. The van der Waals surface area contributed by atoms with Gasteiger partial charge < -0.3 is 20.1 Å². The summed E-state index contributed by atoms with van der Waals surface area (Å²) in [5.41, 5.74) is 2.50. The van der Waals surface area contributed by atoms with Crippen molar-refractivity contribution >= 4 is 75.3 Å². The van der Waals surface area contributed by atoms with E-state index in [1.807, 2.05) is 0 Å². The van der Waals surface area contributed by atoms with Crippen molar-refractivity contribution in [3.8, 4) is 11.5 Å². The molecule has 2 aromatic carbocycles. The van der Waals surface area contributed by atoms with E-state index in [1.54, 1.807) is 30.3 Å². The summed E-state index contributed by atoms with van der Waals surface area (Å²) in [6, 6.07) is 8.35. The number of aromatic hydroxyl groups is 1. The highest BCUT2D eigenvalue weighted by atomic mass is 79.9. The lowest BCUT2D eigenvalue weighted by Gasteiger charge is -2.34. The third kappa shape index (κ3) is 3.28. The minimum Gasteiger partial charge on any atom is -0.506 e. The van der Waals surface area contributed by atoms with Gasteiger partial charge in [-0.3, -0.25) is 0 Å². The lowest BCUT2D eigenvalue weighted by Crippen LogP contribution is -2.28. The van der Waals surface area contributed by atoms with E-state index < -0.39 is 12.1 Å². The van der Waals surface area contributed by atoms with Crippen molar-refractivity contribution in [3.63, 3.8) is 0 Å². The predicted molar refractivity (Wildman–Crippen MR) is 123 cm³/mol. The Morgan fingerprint density at radius 3 is 2.41 bits per heavy atom. The summed E-state index contributed by atoms with van der Waals surface area (Å²) in [7, 11) is 0. The number of aliphatic hydroxyl groups excluding tert-OH is 1. The van der Waals surface area contributed by atoms with Gasteiger partial charge in [0.1, 0.15) is 21.7 Å². The second-order valence-corrected chi connectivity index (χ2v) is 9.62. The van der Waals surface area contributed by atoms with Crippen LogP contribution in [0.2, 0.25) is 0 Å². The summed E-state index contributed by atoms with van der Waals surface area (Å²) in [6.45, 7) is 0. The van der Waals surface area contributed by atoms with Crippen LogP contribution in [0, 0.1) is 0 Å². The van der Waals surface area contributed by atoms with Gasteiger partial charge in [-0.15, -0.1) is 0 Å². The summed E-state index contributed by atoms with van der Waals surface area (Å²) in [5.74, 6) is -0.794. The van der Waals surface area contributed by atoms with E-state index in [-0.39, 0.29) is 17.1 Å². The Labute approximate surface area is 198 Å². The zero-order valence-electron chi connectivity index (χ0n) is 14.2. The van der Waals surface area contributed by atoms with E-state index in [2.05, 4.69) is 63.7 Å². The Kier molecular flexibility index (Phi) is 5.43. The number of hydrogen-bond acceptors (Lipinski definition) is 4. The van der Waals surface area contributed by atoms with Crippen molar-refractivity contribution < 1.29 is 24.9 Å². The van der Waals surface area contributed by atoms with E-state index in [1.165, 1.54) is 6.07 Å². The maximum Gasteiger partial charge on any atom is 0.336 e. The number of ether oxygens (including phenoxy) is 1. The van der Waals surface area contributed by atoms with E-state index in [0.717, 1.165) is 0 Å². The van der Waals surface area contributed by atoms with E-state index >= 15 is 0 Å². The van der Waals surface area contributed by atoms with Gasteiger partial charge in [-0.1, -0.05) is 18.2 Å². The van der Waals surface area contributed by atoms with Crippen molar-refractivity contribution in [1.82, 2.24) is 0 Å². The summed E-state index contributed by atoms with van der Waals surface area (Å²) in [5, 5.41) is 30.4. The number of carboxylic acid groups (broad SMARTS) is 1. The number of allylic oxidation sites excluding steroid dienone is 1. The molecule has 2 aromatic rings. The van der Waals surface area contributed by atoms with Crippen LogP contribution in [0.25, 0.3) is 5.57 Å². The number of aromatic carboxylic acids is 1. The maximum absolute atomic E-state index is 11.9. The summed E-state index contributed by atoms with van der Waals surface area (Å²) >= 11 is 13.4. The molecule has 0 saturated carbocycles. The largest absolute Gasteiger partial charge is 0.506 e. The number of phenols is 1. The lowest BCUT2D eigenvalue weighted by molar-refractivity contribution is 0.0696. The average molecular weight is 650 g/mol. The summed E-state index contributed by atoms with van der Waals surface area (Å²) in [6.07, 6.45) is 0.980. The highest BCUT2D eigenvalue weighted by Crippen LogP contribution is 2.53. The average Bonchev–Trinajstić information content (AvgIpc) is 2.69. The number of carbonyl (C=O) groups is 1. The van der Waals surface area contributed by atoms with Gasteiger partial charge in [-0.05, 0) is 87.5 Å². The van der Waals surface area contributed by atoms with Crippen LogP contribution in [0.15, 0.2) is 65.7 Å². The van der Waals surface area contributed by atoms with Gasteiger partial charge in [0, 0.05) is 16.7 Å². The lowest BCUT2D eigenvalue weighted by atomic mass is 9.84. The molecule has 0 unspecified atom stereocenters. The van der Waals surface area contributed by atoms with Gasteiger partial charge in [-0.25, -0.2) is 4.79 Å². The number of benzene rings is 2. The van der Waals surface area contributed by atoms with Crippen molar-refractivity contribution in [2.45, 2.75) is 6.10 Å². The number of phenolic OH excluding ortho intramolecular Hbond substituents is 1. The molecule has 5 nitrogen and oxygen atoms in total. The SMILES string of the molecule is O=C(O)c1ccccc1C1=C2C=C(Br)C(O)=C(Br)[C@H]2Oc2c1cc(Br)c(O)c2Br. The summed E-state index contributed by atoms with van der Waals surface area (Å²) < 4.78 is 7.68. The molecule has 1 aliphatic heterocycles. The fraction of sp³-hybridized carbons (Fsp3) is 0.0500. The van der Waals surface area contributed by atoms with Crippen molar-refractivity contribution in [3.05, 3.63) is 82.3 Å². The third-order valence-electron chi connectivity index (χ3n) is 4.62. The Bertz CT molecular complexity index is 1180. The number of fused-ring (bicyclic) bond motifs is 2. The molecule has 0 fully saturated rings. The van der Waals surface area contributed by atoms with Crippen LogP contribution in [0.5, 0.6) is 11.5 Å². The minimum atomic E-state index is -1.06. The molecule has 0 amide bonds. The first-order valence-corrected chi connectivity index (χ1v) is 11.3. The van der Waals surface area contributed by atoms with Crippen LogP contribution in [0.1, 0.15) is 21.5 Å². The Balaban J connectivity index is 2.15. The van der Waals surface area contributed by atoms with Gasteiger partial charge in [0.2, 0.25) is 0 Å². The molecule has 29 heavy (non-hydrogen) atoms. The molecule has 0 bridgehead atoms. The van der Waals surface area contributed by atoms with Gasteiger partial charge >= 0.3 is 5.97 Å². The van der Waals surface area contributed by atoms with E-state index in [9.17, 15) is 20.1 Å². The molecule has 0 saturated heterocycles. The van der Waals surface area contributed by atoms with E-state index in [4.69, 9.17) is 4.74 Å². The Hall–Kier alpha value is -1.55. The van der Waals surface area contributed by atoms with Gasteiger partial charge in [0.25, 0.3) is 0 Å². The molecule has 1 atom stereocenters. The normalized spacial score (nSPS) is 18.1. The van der Waals surface area contributed by atoms with Crippen LogP contribution in [-0.2, 0) is 0 Å². The van der Waals surface area contributed by atoms with Crippen LogP contribution < -0.4 is 4.74 Å². The maximum atomic E-state index is 11.9. The predicted octanol–water partition coefficient (Wildman–Crippen LogP) is 6.64. The number of rotatable bonds is 2. The molecule has 0 aromatic heterocycles. The van der Waals surface area contributed by atoms with Gasteiger partial charge in [0.05, 0.1) is 19.0 Å². The number of aliphatic hydroxyl groups is 1. The van der Waals surface area contributed by atoms with Crippen LogP contribution in [0.3, 0.4) is 0 Å². The quantitative estimate of drug-likeness (QED) is 0.340. The molecule has 3 N–H and O–H groups in total. The first-order valence-electron chi connectivity index (χ1n) is 8.13. The monoisotopic (exact) mass is 646 g/mol. The fourth-order valence-corrected chi connectivity index (χ4v) is 5.82. The van der Waals surface area contributed by atoms with Crippen LogP contribution in [-0.4, -0.2) is 27.4 Å². The van der Waals surface area contributed by atoms with Gasteiger partial charge in [0.15, 0.2) is 6.10 Å². The zero-order chi connectivity index (χ0) is 21.0. The molecule has 2 aliphatic rings. The first kappa shape index (κ1) is 20.7. The van der Waals surface area contributed by atoms with Crippen LogP contribution >= 0.6 is 63.7 Å². The molecule has 9 heteroatoms. The number of carboxylic acids is 1. The third-order valence-corrected chi connectivity index (χ3v) is 7.35. The molecular formula is C20H10Br4O5. The van der Waals surface area contributed by atoms with Crippen LogP contribution in [0.4, 0.5) is 0 Å². The molecule has 1 heterocycles. The second-order valence-electron chi connectivity index (χ2n) is 6.27. The second kappa shape index (κ2) is 7.61. The molecule has 0 radical (unpaired) electrons. The highest BCUT2D eigenvalue weighted by Gasteiger charge is 2.38. The topological polar surface area (TPSA) is 87.0 Å². The molecule has 148 valence electrons. The molecule has 1 aliphatic carbocycles. The smallest absolute Gasteiger partial charge is 0.336 e. The molecule has 0 spiro atoms. The van der Waals surface area contributed by atoms with Crippen molar-refractivity contribution in [2.24, 2.45) is 0 Å². The fourth-order valence-electron chi connectivity index (χ4n) is 3.33. The molecule has 4 rings (SSSR count). The molecular weight excluding hydrogens is 640 g/mol. The summed E-state index contributed by atoms with van der Waals surface area (Å²) in [4.78, 5) is 11.9. The Morgan fingerprint density at radius 1 is 1.03 bits per heavy atom. The Morgan fingerprint density at radius 2 is 1.72 bits per heavy atom. The van der Waals surface area contributed by atoms with Crippen molar-refractivity contribution in [1.29, 1.82) is 0 Å². The van der Waals surface area contributed by atoms with Gasteiger partial charge in [-0.2, -0.15) is 0 Å².